The van der Waals surface area contributed by atoms with E-state index in [2.05, 4.69) is 19.2 Å². The number of hydrogen-bond acceptors (Lipinski definition) is 2. The summed E-state index contributed by atoms with van der Waals surface area (Å²) in [6, 6.07) is 0. The Kier molecular flexibility index (Phi) is 5.26. The van der Waals surface area contributed by atoms with Crippen molar-refractivity contribution < 1.29 is 9.53 Å². The molecule has 1 aliphatic heterocycles. The monoisotopic (exact) mass is 267 g/mol. The second kappa shape index (κ2) is 6.74. The highest BCUT2D eigenvalue weighted by Gasteiger charge is 2.34. The lowest BCUT2D eigenvalue weighted by Crippen LogP contribution is -2.49. The molecular formula is C16H29NO2. The summed E-state index contributed by atoms with van der Waals surface area (Å²) in [6.45, 7) is 6.79. The van der Waals surface area contributed by atoms with Crippen LogP contribution >= 0.6 is 0 Å². The molecule has 1 saturated carbocycles. The number of unbranched alkanes of at least 4 members (excludes halogenated alkanes) is 1. The fourth-order valence-corrected chi connectivity index (χ4v) is 3.20. The van der Waals surface area contributed by atoms with E-state index >= 15 is 0 Å². The topological polar surface area (TPSA) is 38.3 Å². The van der Waals surface area contributed by atoms with Gasteiger partial charge in [0.2, 0.25) is 5.91 Å². The van der Waals surface area contributed by atoms with E-state index in [1.54, 1.807) is 0 Å². The van der Waals surface area contributed by atoms with Gasteiger partial charge < -0.3 is 10.1 Å². The number of nitrogens with one attached hydrogen (secondary N) is 1. The molecule has 1 saturated heterocycles. The van der Waals surface area contributed by atoms with Crippen LogP contribution in [0.5, 0.6) is 0 Å². The third-order valence-electron chi connectivity index (χ3n) is 4.77. The summed E-state index contributed by atoms with van der Waals surface area (Å²) in [5, 5.41) is 3.13. The van der Waals surface area contributed by atoms with Gasteiger partial charge in [0.25, 0.3) is 0 Å². The molecule has 1 aliphatic carbocycles. The summed E-state index contributed by atoms with van der Waals surface area (Å²) in [4.78, 5) is 12.2. The molecule has 0 aromatic heterocycles. The van der Waals surface area contributed by atoms with Gasteiger partial charge in [0.15, 0.2) is 0 Å². The van der Waals surface area contributed by atoms with Gasteiger partial charge in [0, 0.05) is 17.9 Å². The summed E-state index contributed by atoms with van der Waals surface area (Å²) >= 11 is 0. The normalized spacial score (nSPS) is 29.6. The van der Waals surface area contributed by atoms with Gasteiger partial charge in [-0.15, -0.1) is 0 Å². The largest absolute Gasteiger partial charge is 0.380 e. The van der Waals surface area contributed by atoms with Crippen molar-refractivity contribution in [3.63, 3.8) is 0 Å². The van der Waals surface area contributed by atoms with Crippen LogP contribution in [0.4, 0.5) is 0 Å². The second-order valence-electron chi connectivity index (χ2n) is 6.88. The second-order valence-corrected chi connectivity index (χ2v) is 6.88. The molecule has 0 bridgehead atoms. The zero-order valence-corrected chi connectivity index (χ0v) is 12.5. The van der Waals surface area contributed by atoms with E-state index in [1.165, 1.54) is 32.1 Å². The van der Waals surface area contributed by atoms with Gasteiger partial charge in [-0.1, -0.05) is 33.1 Å². The van der Waals surface area contributed by atoms with Crippen LogP contribution in [0.2, 0.25) is 0 Å². The third kappa shape index (κ3) is 4.20. The summed E-state index contributed by atoms with van der Waals surface area (Å²) in [5.74, 6) is 1.42. The Bertz CT molecular complexity index is 291. The summed E-state index contributed by atoms with van der Waals surface area (Å²) in [5.41, 5.74) is 0.188. The van der Waals surface area contributed by atoms with Crippen LogP contribution < -0.4 is 5.32 Å². The van der Waals surface area contributed by atoms with Crippen LogP contribution in [0.25, 0.3) is 0 Å². The predicted molar refractivity (Wildman–Crippen MR) is 76.9 cm³/mol. The van der Waals surface area contributed by atoms with Crippen molar-refractivity contribution in [3.8, 4) is 0 Å². The minimum absolute atomic E-state index is 0.188. The van der Waals surface area contributed by atoms with Gasteiger partial charge in [0.05, 0.1) is 13.2 Å². The lowest BCUT2D eigenvalue weighted by Gasteiger charge is -2.38. The number of ether oxygens (including phenoxy) is 1. The van der Waals surface area contributed by atoms with Gasteiger partial charge >= 0.3 is 0 Å². The molecule has 0 unspecified atom stereocenters. The summed E-state index contributed by atoms with van der Waals surface area (Å²) < 4.78 is 5.22. The minimum Gasteiger partial charge on any atom is -0.380 e. The number of carbonyl (C=O) groups excluding carboxylic acids is 1. The third-order valence-corrected chi connectivity index (χ3v) is 4.77. The fraction of sp³-hybridized carbons (Fsp3) is 0.938. The lowest BCUT2D eigenvalue weighted by atomic mass is 9.79. The van der Waals surface area contributed by atoms with Gasteiger partial charge in [0.1, 0.15) is 0 Å². The Morgan fingerprint density at radius 1 is 1.26 bits per heavy atom. The van der Waals surface area contributed by atoms with E-state index in [-0.39, 0.29) is 17.2 Å². The molecule has 2 aliphatic rings. The zero-order valence-electron chi connectivity index (χ0n) is 12.5. The fourth-order valence-electron chi connectivity index (χ4n) is 3.20. The Morgan fingerprint density at radius 2 is 1.95 bits per heavy atom. The molecule has 19 heavy (non-hydrogen) atoms. The van der Waals surface area contributed by atoms with E-state index in [9.17, 15) is 4.79 Å². The van der Waals surface area contributed by atoms with Crippen LogP contribution in [0.3, 0.4) is 0 Å². The number of carbonyl (C=O) groups is 1. The standard InChI is InChI=1S/C16H29NO2/c1-3-4-5-13-6-8-14(9-7-13)15(18)17-10-16(2)11-19-12-16/h13-14H,3-12H2,1-2H3,(H,17,18). The van der Waals surface area contributed by atoms with Crippen molar-refractivity contribution >= 4 is 5.91 Å². The van der Waals surface area contributed by atoms with E-state index in [0.29, 0.717) is 0 Å². The van der Waals surface area contributed by atoms with Crippen molar-refractivity contribution in [2.75, 3.05) is 19.8 Å². The summed E-state index contributed by atoms with van der Waals surface area (Å²) in [6.07, 6.45) is 8.68. The molecule has 1 heterocycles. The molecule has 2 rings (SSSR count). The molecule has 0 atom stereocenters. The molecule has 2 fully saturated rings. The molecule has 0 radical (unpaired) electrons. The summed E-state index contributed by atoms with van der Waals surface area (Å²) in [7, 11) is 0. The van der Waals surface area contributed by atoms with Crippen molar-refractivity contribution in [2.45, 2.75) is 58.8 Å². The van der Waals surface area contributed by atoms with E-state index in [0.717, 1.165) is 38.5 Å². The van der Waals surface area contributed by atoms with Crippen LogP contribution in [-0.4, -0.2) is 25.7 Å². The van der Waals surface area contributed by atoms with E-state index in [1.807, 2.05) is 0 Å². The molecule has 110 valence electrons. The Balaban J connectivity index is 1.64. The van der Waals surface area contributed by atoms with Crippen molar-refractivity contribution in [1.82, 2.24) is 5.32 Å². The Labute approximate surface area is 117 Å². The number of hydrogen-bond donors (Lipinski definition) is 1. The Morgan fingerprint density at radius 3 is 2.47 bits per heavy atom. The van der Waals surface area contributed by atoms with Crippen molar-refractivity contribution in [3.05, 3.63) is 0 Å². The molecule has 0 aromatic carbocycles. The first kappa shape index (κ1) is 14.8. The predicted octanol–water partition coefficient (Wildman–Crippen LogP) is 3.14. The first-order valence-electron chi connectivity index (χ1n) is 7.98. The molecule has 3 heteroatoms. The lowest BCUT2D eigenvalue weighted by molar-refractivity contribution is -0.131. The van der Waals surface area contributed by atoms with Gasteiger partial charge in [-0.2, -0.15) is 0 Å². The Hall–Kier alpha value is -0.570. The van der Waals surface area contributed by atoms with Gasteiger partial charge in [-0.3, -0.25) is 4.79 Å². The highest BCUT2D eigenvalue weighted by molar-refractivity contribution is 5.78. The van der Waals surface area contributed by atoms with E-state index in [4.69, 9.17) is 4.74 Å². The molecular weight excluding hydrogens is 238 g/mol. The maximum atomic E-state index is 12.2. The van der Waals surface area contributed by atoms with Crippen LogP contribution in [0.15, 0.2) is 0 Å². The maximum absolute atomic E-state index is 12.2. The maximum Gasteiger partial charge on any atom is 0.223 e. The van der Waals surface area contributed by atoms with Crippen LogP contribution in [0.1, 0.15) is 58.8 Å². The molecule has 0 spiro atoms. The quantitative estimate of drug-likeness (QED) is 0.803. The molecule has 1 amide bonds. The van der Waals surface area contributed by atoms with Crippen LogP contribution in [-0.2, 0) is 9.53 Å². The van der Waals surface area contributed by atoms with Crippen molar-refractivity contribution in [2.24, 2.45) is 17.3 Å². The average molecular weight is 267 g/mol. The minimum atomic E-state index is 0.188. The van der Waals surface area contributed by atoms with Crippen LogP contribution in [0, 0.1) is 17.3 Å². The van der Waals surface area contributed by atoms with Crippen molar-refractivity contribution in [1.29, 1.82) is 0 Å². The number of rotatable bonds is 6. The SMILES string of the molecule is CCCCC1CCC(C(=O)NCC2(C)COC2)CC1. The smallest absolute Gasteiger partial charge is 0.223 e. The first-order chi connectivity index (χ1) is 9.13. The number of amides is 1. The molecule has 3 nitrogen and oxygen atoms in total. The average Bonchev–Trinajstić information content (AvgIpc) is 2.41. The first-order valence-corrected chi connectivity index (χ1v) is 7.98. The zero-order chi connectivity index (χ0) is 13.7. The highest BCUT2D eigenvalue weighted by Crippen LogP contribution is 2.32. The highest BCUT2D eigenvalue weighted by atomic mass is 16.5. The van der Waals surface area contributed by atoms with Gasteiger partial charge in [-0.05, 0) is 31.6 Å². The molecule has 0 aromatic rings. The van der Waals surface area contributed by atoms with E-state index < -0.39 is 0 Å². The molecule has 1 N–H and O–H groups in total. The van der Waals surface area contributed by atoms with Gasteiger partial charge in [-0.25, -0.2) is 0 Å².